The van der Waals surface area contributed by atoms with Crippen LogP contribution in [0.1, 0.15) is 27.2 Å². The van der Waals surface area contributed by atoms with Gasteiger partial charge in [0.2, 0.25) is 5.91 Å². The van der Waals surface area contributed by atoms with E-state index in [2.05, 4.69) is 50.4 Å². The molecule has 4 nitrogen and oxygen atoms in total. The zero-order valence-electron chi connectivity index (χ0n) is 18.8. The lowest BCUT2D eigenvalue weighted by atomic mass is 10.2. The summed E-state index contributed by atoms with van der Waals surface area (Å²) in [5.74, 6) is -0.873. The summed E-state index contributed by atoms with van der Waals surface area (Å²) < 4.78 is 20.4. The molecule has 0 saturated carbocycles. The fraction of sp³-hybridized carbons (Fsp3) is 0.269. The predicted octanol–water partition coefficient (Wildman–Crippen LogP) is 4.06. The van der Waals surface area contributed by atoms with Crippen molar-refractivity contribution in [3.63, 3.8) is 0 Å². The summed E-state index contributed by atoms with van der Waals surface area (Å²) in [6, 6.07) is 26.0. The fourth-order valence-electron chi connectivity index (χ4n) is 4.16. The minimum absolute atomic E-state index is 0.159. The molecule has 0 aromatic heterocycles. The Labute approximate surface area is 190 Å². The van der Waals surface area contributed by atoms with Gasteiger partial charge in [0.25, 0.3) is 8.32 Å². The Morgan fingerprint density at radius 3 is 2.00 bits per heavy atom. The van der Waals surface area contributed by atoms with Crippen molar-refractivity contribution in [1.29, 1.82) is 0 Å². The second-order valence-electron chi connectivity index (χ2n) is 8.91. The number of hydrogen-bond acceptors (Lipinski definition) is 3. The van der Waals surface area contributed by atoms with Crippen LogP contribution >= 0.6 is 0 Å². The van der Waals surface area contributed by atoms with Crippen molar-refractivity contribution < 1.29 is 13.6 Å². The van der Waals surface area contributed by atoms with E-state index < -0.39 is 20.3 Å². The van der Waals surface area contributed by atoms with Crippen molar-refractivity contribution >= 4 is 30.3 Å². The highest BCUT2D eigenvalue weighted by Crippen LogP contribution is 2.36. The van der Waals surface area contributed by atoms with Crippen LogP contribution in [-0.2, 0) is 9.22 Å². The molecule has 3 aromatic rings. The number of nitrogens with one attached hydrogen (secondary N) is 1. The first kappa shape index (κ1) is 23.7. The summed E-state index contributed by atoms with van der Waals surface area (Å²) >= 11 is 0. The van der Waals surface area contributed by atoms with Crippen LogP contribution < -0.4 is 21.4 Å². The SMILES string of the molecule is CC(C)(C)[Si](OCC[C@@H](Nc1cccc(F)c1)C(N)=O)(c1ccccc1)c1ccccc1. The van der Waals surface area contributed by atoms with Gasteiger partial charge in [-0.05, 0) is 40.0 Å². The molecule has 0 saturated heterocycles. The highest BCUT2D eigenvalue weighted by molar-refractivity contribution is 6.99. The summed E-state index contributed by atoms with van der Waals surface area (Å²) in [4.78, 5) is 12.1. The van der Waals surface area contributed by atoms with E-state index in [1.54, 1.807) is 12.1 Å². The van der Waals surface area contributed by atoms with Gasteiger partial charge in [-0.1, -0.05) is 87.5 Å². The van der Waals surface area contributed by atoms with E-state index in [1.165, 1.54) is 22.5 Å². The van der Waals surface area contributed by atoms with Crippen molar-refractivity contribution in [1.82, 2.24) is 0 Å². The van der Waals surface area contributed by atoms with Crippen LogP contribution in [0.3, 0.4) is 0 Å². The minimum Gasteiger partial charge on any atom is -0.407 e. The topological polar surface area (TPSA) is 64.3 Å². The largest absolute Gasteiger partial charge is 0.407 e. The van der Waals surface area contributed by atoms with Gasteiger partial charge in [0, 0.05) is 12.3 Å². The van der Waals surface area contributed by atoms with Crippen molar-refractivity contribution in [2.75, 3.05) is 11.9 Å². The summed E-state index contributed by atoms with van der Waals surface area (Å²) in [5.41, 5.74) is 6.15. The van der Waals surface area contributed by atoms with E-state index in [0.29, 0.717) is 18.7 Å². The zero-order valence-corrected chi connectivity index (χ0v) is 19.8. The summed E-state index contributed by atoms with van der Waals surface area (Å²) in [6.45, 7) is 6.95. The van der Waals surface area contributed by atoms with Crippen molar-refractivity contribution in [3.05, 3.63) is 90.7 Å². The van der Waals surface area contributed by atoms with E-state index in [4.69, 9.17) is 10.2 Å². The van der Waals surface area contributed by atoms with Gasteiger partial charge in [-0.15, -0.1) is 0 Å². The first-order chi connectivity index (χ1) is 15.2. The van der Waals surface area contributed by atoms with Crippen molar-refractivity contribution in [3.8, 4) is 0 Å². The van der Waals surface area contributed by atoms with E-state index >= 15 is 0 Å². The molecule has 0 fully saturated rings. The van der Waals surface area contributed by atoms with Gasteiger partial charge in [0.15, 0.2) is 0 Å². The number of carbonyl (C=O) groups excluding carboxylic acids is 1. The molecule has 32 heavy (non-hydrogen) atoms. The number of anilines is 1. The van der Waals surface area contributed by atoms with Gasteiger partial charge < -0.3 is 15.5 Å². The summed E-state index contributed by atoms with van der Waals surface area (Å²) in [6.07, 6.45) is 0.371. The molecule has 1 amide bonds. The maximum atomic E-state index is 13.6. The van der Waals surface area contributed by atoms with Crippen LogP contribution in [0.5, 0.6) is 0 Å². The van der Waals surface area contributed by atoms with Gasteiger partial charge in [-0.2, -0.15) is 0 Å². The van der Waals surface area contributed by atoms with Crippen LogP contribution in [0.25, 0.3) is 0 Å². The minimum atomic E-state index is -2.69. The Hall–Kier alpha value is -2.96. The molecule has 3 rings (SSSR count). The maximum Gasteiger partial charge on any atom is 0.261 e. The monoisotopic (exact) mass is 450 g/mol. The number of carbonyl (C=O) groups is 1. The second kappa shape index (κ2) is 10.1. The molecule has 0 heterocycles. The van der Waals surface area contributed by atoms with Gasteiger partial charge in [0.05, 0.1) is 0 Å². The fourth-order valence-corrected chi connectivity index (χ4v) is 8.74. The number of benzene rings is 3. The Balaban J connectivity index is 1.89. The number of primary amides is 1. The number of halogens is 1. The van der Waals surface area contributed by atoms with Gasteiger partial charge >= 0.3 is 0 Å². The molecular weight excluding hydrogens is 419 g/mol. The summed E-state index contributed by atoms with van der Waals surface area (Å²) in [7, 11) is -2.69. The third-order valence-electron chi connectivity index (χ3n) is 5.65. The molecule has 3 N–H and O–H groups in total. The third-order valence-corrected chi connectivity index (χ3v) is 10.7. The number of amides is 1. The molecule has 0 spiro atoms. The smallest absolute Gasteiger partial charge is 0.261 e. The van der Waals surface area contributed by atoms with Crippen molar-refractivity contribution in [2.45, 2.75) is 38.3 Å². The van der Waals surface area contributed by atoms with Crippen LogP contribution in [-0.4, -0.2) is 26.9 Å². The first-order valence-electron chi connectivity index (χ1n) is 10.8. The third kappa shape index (κ3) is 5.26. The Morgan fingerprint density at radius 2 is 1.53 bits per heavy atom. The van der Waals surface area contributed by atoms with E-state index in [-0.39, 0.29) is 10.9 Å². The number of rotatable bonds is 9. The molecule has 0 aliphatic rings. The lowest BCUT2D eigenvalue weighted by molar-refractivity contribution is -0.119. The number of nitrogens with two attached hydrogens (primary N) is 1. The maximum absolute atomic E-state index is 13.6. The van der Waals surface area contributed by atoms with Crippen LogP contribution in [0, 0.1) is 5.82 Å². The molecule has 0 aliphatic carbocycles. The molecule has 168 valence electrons. The average molecular weight is 451 g/mol. The van der Waals surface area contributed by atoms with Crippen LogP contribution in [0.2, 0.25) is 5.04 Å². The standard InChI is InChI=1S/C26H31FN2O2Si/c1-26(2,3)32(22-13-6-4-7-14-22,23-15-8-5-9-16-23)31-18-17-24(25(28)30)29-21-12-10-11-20(27)19-21/h4-16,19,24,29H,17-18H2,1-3H3,(H2,28,30)/t24-/m1/s1. The highest BCUT2D eigenvalue weighted by atomic mass is 28.4. The average Bonchev–Trinajstić information content (AvgIpc) is 2.76. The Bertz CT molecular complexity index is 983. The highest BCUT2D eigenvalue weighted by Gasteiger charge is 2.50. The lowest BCUT2D eigenvalue weighted by Gasteiger charge is -2.43. The Kier molecular flexibility index (Phi) is 7.48. The number of hydrogen-bond donors (Lipinski definition) is 2. The normalized spacial score (nSPS) is 12.9. The van der Waals surface area contributed by atoms with Gasteiger partial charge in [-0.3, -0.25) is 4.79 Å². The Morgan fingerprint density at radius 1 is 0.969 bits per heavy atom. The van der Waals surface area contributed by atoms with Gasteiger partial charge in [0.1, 0.15) is 11.9 Å². The zero-order chi connectivity index (χ0) is 23.2. The van der Waals surface area contributed by atoms with E-state index in [1.807, 2.05) is 36.4 Å². The quantitative estimate of drug-likeness (QED) is 0.483. The molecule has 3 aromatic carbocycles. The van der Waals surface area contributed by atoms with Crippen LogP contribution in [0.15, 0.2) is 84.9 Å². The summed E-state index contributed by atoms with van der Waals surface area (Å²) in [5, 5.41) is 5.23. The second-order valence-corrected chi connectivity index (χ2v) is 13.2. The van der Waals surface area contributed by atoms with E-state index in [0.717, 1.165) is 0 Å². The van der Waals surface area contributed by atoms with Crippen molar-refractivity contribution in [2.24, 2.45) is 5.73 Å². The first-order valence-corrected chi connectivity index (χ1v) is 12.7. The molecular formula is C26H31FN2O2Si. The molecule has 0 aliphatic heterocycles. The van der Waals surface area contributed by atoms with Gasteiger partial charge in [-0.25, -0.2) is 4.39 Å². The molecule has 1 atom stereocenters. The molecule has 0 radical (unpaired) electrons. The molecule has 0 bridgehead atoms. The predicted molar refractivity (Wildman–Crippen MR) is 131 cm³/mol. The molecule has 6 heteroatoms. The van der Waals surface area contributed by atoms with E-state index in [9.17, 15) is 9.18 Å². The molecule has 0 unspecified atom stereocenters. The van der Waals surface area contributed by atoms with Crippen LogP contribution in [0.4, 0.5) is 10.1 Å². The lowest BCUT2D eigenvalue weighted by Crippen LogP contribution is -2.66.